The van der Waals surface area contributed by atoms with Crippen molar-refractivity contribution in [2.45, 2.75) is 12.8 Å². The molecule has 146 valence electrons. The van der Waals surface area contributed by atoms with Gasteiger partial charge in [0.15, 0.2) is 0 Å². The Bertz CT molecular complexity index is 877. The van der Waals surface area contributed by atoms with Gasteiger partial charge in [0.25, 0.3) is 0 Å². The van der Waals surface area contributed by atoms with Crippen molar-refractivity contribution in [2.75, 3.05) is 11.9 Å². The molecular weight excluding hydrogens is 381 g/mol. The Balaban J connectivity index is 1.78. The van der Waals surface area contributed by atoms with Gasteiger partial charge in [-0.3, -0.25) is 10.1 Å². The predicted molar refractivity (Wildman–Crippen MR) is 91.7 cm³/mol. The van der Waals surface area contributed by atoms with E-state index in [2.05, 4.69) is 20.1 Å². The maximum absolute atomic E-state index is 12.1. The molecule has 0 aliphatic heterocycles. The summed E-state index contributed by atoms with van der Waals surface area (Å²) in [5.41, 5.74) is 9.46. The molecule has 0 heterocycles. The highest BCUT2D eigenvalue weighted by molar-refractivity contribution is 5.94. The summed E-state index contributed by atoms with van der Waals surface area (Å²) < 4.78 is 44.9. The minimum Gasteiger partial charge on any atom is -0.449 e. The molecule has 0 spiro atoms. The second-order valence-corrected chi connectivity index (χ2v) is 5.27. The number of rotatable bonds is 6. The van der Waals surface area contributed by atoms with Crippen LogP contribution in [0.2, 0.25) is 0 Å². The molecule has 1 N–H and O–H groups in total. The van der Waals surface area contributed by atoms with Crippen LogP contribution in [0, 0.1) is 0 Å². The molecule has 2 rings (SSSR count). The molecule has 0 atom stereocenters. The lowest BCUT2D eigenvalue weighted by atomic mass is 10.1. The van der Waals surface area contributed by atoms with Crippen molar-refractivity contribution >= 4 is 17.7 Å². The van der Waals surface area contributed by atoms with Crippen LogP contribution in [0.3, 0.4) is 0 Å². The van der Waals surface area contributed by atoms with Gasteiger partial charge in [-0.05, 0) is 40.5 Å². The zero-order valence-corrected chi connectivity index (χ0v) is 14.1. The number of alkyl halides is 3. The van der Waals surface area contributed by atoms with Crippen molar-refractivity contribution in [2.24, 2.45) is 5.11 Å². The van der Waals surface area contributed by atoms with E-state index < -0.39 is 24.1 Å². The quantitative estimate of drug-likeness (QED) is 0.429. The smallest absolute Gasteiger partial charge is 0.449 e. The lowest BCUT2D eigenvalue weighted by Gasteiger charge is -2.10. The summed E-state index contributed by atoms with van der Waals surface area (Å²) in [6, 6.07) is 10.8. The Labute approximate surface area is 156 Å². The molecule has 0 saturated heterocycles. The number of carbonyl (C=O) groups is 2. The van der Waals surface area contributed by atoms with E-state index in [9.17, 15) is 22.8 Å². The van der Waals surface area contributed by atoms with Gasteiger partial charge >= 0.3 is 12.5 Å². The summed E-state index contributed by atoms with van der Waals surface area (Å²) in [5, 5.41) is 5.34. The summed E-state index contributed by atoms with van der Waals surface area (Å²) >= 11 is 0. The molecule has 2 amide bonds. The highest BCUT2D eigenvalue weighted by Crippen LogP contribution is 2.24. The minimum absolute atomic E-state index is 0.0325. The van der Waals surface area contributed by atoms with Gasteiger partial charge < -0.3 is 9.47 Å². The largest absolute Gasteiger partial charge is 0.573 e. The maximum atomic E-state index is 12.1. The van der Waals surface area contributed by atoms with Gasteiger partial charge in [-0.1, -0.05) is 24.3 Å². The summed E-state index contributed by atoms with van der Waals surface area (Å²) in [4.78, 5) is 25.5. The molecule has 0 fully saturated rings. The zero-order valence-electron chi connectivity index (χ0n) is 14.1. The number of ether oxygens (including phenoxy) is 2. The Morgan fingerprint density at radius 1 is 1.07 bits per heavy atom. The second-order valence-electron chi connectivity index (χ2n) is 5.27. The van der Waals surface area contributed by atoms with Gasteiger partial charge in [-0.2, -0.15) is 0 Å². The Morgan fingerprint density at radius 3 is 2.29 bits per heavy atom. The summed E-state index contributed by atoms with van der Waals surface area (Å²) in [6.07, 6.45) is -5.20. The molecule has 0 unspecified atom stereocenters. The average Bonchev–Trinajstić information content (AvgIpc) is 2.63. The maximum Gasteiger partial charge on any atom is 0.573 e. The van der Waals surface area contributed by atoms with Crippen molar-refractivity contribution in [3.8, 4) is 5.75 Å². The normalized spacial score (nSPS) is 10.5. The van der Waals surface area contributed by atoms with Gasteiger partial charge in [-0.25, -0.2) is 4.79 Å². The van der Waals surface area contributed by atoms with Crippen LogP contribution in [0.1, 0.15) is 15.9 Å². The van der Waals surface area contributed by atoms with Crippen LogP contribution < -0.4 is 10.1 Å². The van der Waals surface area contributed by atoms with Crippen molar-refractivity contribution in [3.05, 3.63) is 70.1 Å². The SMILES string of the molecule is [N-]=[N+]=NC(=O)c1ccc(CCOC(=O)Nc2ccc(OC(F)(F)F)cc2)cc1. The molecule has 28 heavy (non-hydrogen) atoms. The number of nitrogens with zero attached hydrogens (tertiary/aromatic N) is 3. The number of nitrogens with one attached hydrogen (secondary N) is 1. The van der Waals surface area contributed by atoms with Crippen molar-refractivity contribution in [1.82, 2.24) is 0 Å². The first-order valence-electron chi connectivity index (χ1n) is 7.75. The Kier molecular flexibility index (Phi) is 6.83. The fourth-order valence-electron chi connectivity index (χ4n) is 2.07. The predicted octanol–water partition coefficient (Wildman–Crippen LogP) is 4.83. The topological polar surface area (TPSA) is 113 Å². The highest BCUT2D eigenvalue weighted by atomic mass is 19.4. The van der Waals surface area contributed by atoms with E-state index in [1.807, 2.05) is 0 Å². The van der Waals surface area contributed by atoms with Crippen molar-refractivity contribution < 1.29 is 32.2 Å². The summed E-state index contributed by atoms with van der Waals surface area (Å²) in [5.74, 6) is -1.11. The van der Waals surface area contributed by atoms with Crippen LogP contribution >= 0.6 is 0 Å². The molecule has 8 nitrogen and oxygen atoms in total. The molecule has 0 aliphatic carbocycles. The first kappa shape index (κ1) is 20.6. The lowest BCUT2D eigenvalue weighted by molar-refractivity contribution is -0.274. The Morgan fingerprint density at radius 2 is 1.71 bits per heavy atom. The molecule has 0 aliphatic rings. The number of halogens is 3. The van der Waals surface area contributed by atoms with Gasteiger partial charge in [0.1, 0.15) is 5.75 Å². The summed E-state index contributed by atoms with van der Waals surface area (Å²) in [7, 11) is 0. The third kappa shape index (κ3) is 6.89. The van der Waals surface area contributed by atoms with Gasteiger partial charge in [0, 0.05) is 22.6 Å². The fourth-order valence-corrected chi connectivity index (χ4v) is 2.07. The molecule has 2 aromatic rings. The average molecular weight is 394 g/mol. The monoisotopic (exact) mass is 394 g/mol. The van der Waals surface area contributed by atoms with Crippen LogP contribution in [-0.4, -0.2) is 25.0 Å². The van der Waals surface area contributed by atoms with E-state index in [4.69, 9.17) is 10.3 Å². The number of hydrogen-bond acceptors (Lipinski definition) is 4. The van der Waals surface area contributed by atoms with Crippen LogP contribution in [0.4, 0.5) is 23.7 Å². The molecular formula is C17H13F3N4O4. The second kappa shape index (κ2) is 9.28. The Hall–Kier alpha value is -3.72. The third-order valence-electron chi connectivity index (χ3n) is 3.29. The van der Waals surface area contributed by atoms with Crippen molar-refractivity contribution in [3.63, 3.8) is 0 Å². The number of hydrogen-bond donors (Lipinski definition) is 1. The first-order chi connectivity index (χ1) is 13.3. The van der Waals surface area contributed by atoms with Crippen LogP contribution in [0.15, 0.2) is 53.6 Å². The van der Waals surface area contributed by atoms with Crippen molar-refractivity contribution in [1.29, 1.82) is 0 Å². The van der Waals surface area contributed by atoms with Gasteiger partial charge in [0.05, 0.1) is 6.61 Å². The lowest BCUT2D eigenvalue weighted by Crippen LogP contribution is -2.17. The van der Waals surface area contributed by atoms with Crippen LogP contribution in [0.5, 0.6) is 5.75 Å². The van der Waals surface area contributed by atoms with E-state index in [1.165, 1.54) is 24.3 Å². The van der Waals surface area contributed by atoms with E-state index in [0.717, 1.165) is 17.7 Å². The van der Waals surface area contributed by atoms with Gasteiger partial charge in [-0.15, -0.1) is 13.2 Å². The van der Waals surface area contributed by atoms with E-state index in [-0.39, 0.29) is 17.9 Å². The molecule has 0 saturated carbocycles. The number of amides is 2. The van der Waals surface area contributed by atoms with E-state index in [1.54, 1.807) is 12.1 Å². The van der Waals surface area contributed by atoms with Crippen LogP contribution in [0.25, 0.3) is 10.4 Å². The zero-order chi connectivity index (χ0) is 20.6. The van der Waals surface area contributed by atoms with E-state index >= 15 is 0 Å². The van der Waals surface area contributed by atoms with E-state index in [0.29, 0.717) is 6.42 Å². The standard InChI is InChI=1S/C17H13F3N4O4/c18-17(19,20)28-14-7-5-13(6-8-14)22-16(26)27-10-9-11-1-3-12(4-2-11)15(25)23-24-21/h1-8H,9-10H2,(H,22,26). The molecule has 0 bridgehead atoms. The minimum atomic E-state index is -4.79. The van der Waals surface area contributed by atoms with Gasteiger partial charge in [0.2, 0.25) is 5.91 Å². The molecule has 2 aromatic carbocycles. The molecule has 11 heteroatoms. The highest BCUT2D eigenvalue weighted by Gasteiger charge is 2.30. The third-order valence-corrected chi connectivity index (χ3v) is 3.29. The number of carbonyl (C=O) groups excluding carboxylic acids is 2. The number of benzene rings is 2. The summed E-state index contributed by atoms with van der Waals surface area (Å²) in [6.45, 7) is 0.0325. The molecule has 0 aromatic heterocycles. The number of anilines is 1. The fraction of sp³-hybridized carbons (Fsp3) is 0.176. The molecule has 0 radical (unpaired) electrons. The first-order valence-corrected chi connectivity index (χ1v) is 7.75. The number of azide groups is 1. The van der Waals surface area contributed by atoms with Crippen LogP contribution in [-0.2, 0) is 11.2 Å².